The van der Waals surface area contributed by atoms with E-state index in [2.05, 4.69) is 27.0 Å². The lowest BCUT2D eigenvalue weighted by atomic mass is 10.0. The summed E-state index contributed by atoms with van der Waals surface area (Å²) in [7, 11) is 0. The summed E-state index contributed by atoms with van der Waals surface area (Å²) in [6, 6.07) is 12.8. The van der Waals surface area contributed by atoms with E-state index in [0.29, 0.717) is 0 Å². The molecule has 0 bridgehead atoms. The molecule has 1 aliphatic heterocycles. The van der Waals surface area contributed by atoms with Crippen molar-refractivity contribution in [2.45, 2.75) is 19.5 Å². The van der Waals surface area contributed by atoms with Crippen LogP contribution in [0.5, 0.6) is 0 Å². The van der Waals surface area contributed by atoms with Gasteiger partial charge in [0.1, 0.15) is 5.82 Å². The second-order valence-electron chi connectivity index (χ2n) is 7.19. The monoisotopic (exact) mass is 402 g/mol. The van der Waals surface area contributed by atoms with E-state index >= 15 is 0 Å². The molecule has 0 saturated carbocycles. The molecular weight excluding hydrogens is 383 g/mol. The summed E-state index contributed by atoms with van der Waals surface area (Å²) in [5.74, 6) is 0.595. The van der Waals surface area contributed by atoms with Crippen molar-refractivity contribution in [3.05, 3.63) is 89.1 Å². The van der Waals surface area contributed by atoms with Gasteiger partial charge in [-0.15, -0.1) is 11.3 Å². The molecule has 29 heavy (non-hydrogen) atoms. The van der Waals surface area contributed by atoms with Crippen LogP contribution in [0.4, 0.5) is 4.39 Å². The van der Waals surface area contributed by atoms with Crippen molar-refractivity contribution >= 4 is 11.3 Å². The Bertz CT molecular complexity index is 1130. The largest absolute Gasteiger partial charge is 0.294 e. The minimum Gasteiger partial charge on any atom is -0.294 e. The van der Waals surface area contributed by atoms with Crippen LogP contribution in [0, 0.1) is 5.82 Å². The third-order valence-corrected chi connectivity index (χ3v) is 6.00. The predicted molar refractivity (Wildman–Crippen MR) is 113 cm³/mol. The highest BCUT2D eigenvalue weighted by molar-refractivity contribution is 7.13. The average molecular weight is 402 g/mol. The Morgan fingerprint density at radius 2 is 1.93 bits per heavy atom. The Morgan fingerprint density at radius 1 is 1.03 bits per heavy atom. The van der Waals surface area contributed by atoms with Crippen molar-refractivity contribution in [2.75, 3.05) is 6.54 Å². The topological polar surface area (TPSA) is 41.9 Å². The maximum Gasteiger partial charge on any atom is 0.169 e. The van der Waals surface area contributed by atoms with Crippen LogP contribution < -0.4 is 0 Å². The molecule has 5 rings (SSSR count). The number of nitrogens with zero attached hydrogens (tertiary/aromatic N) is 4. The standard InChI is InChI=1S/C23H19FN4S/c24-20-5-3-17(4-6-20)18-10-16(11-25-12-18)14-28-8-7-21-19(15-28)13-26-23(27-21)22-2-1-9-29-22/h1-6,9-13H,7-8,14-15H2. The molecule has 3 aromatic heterocycles. The summed E-state index contributed by atoms with van der Waals surface area (Å²) in [5, 5.41) is 2.05. The van der Waals surface area contributed by atoms with Crippen molar-refractivity contribution in [1.82, 2.24) is 19.9 Å². The molecule has 144 valence electrons. The second-order valence-corrected chi connectivity index (χ2v) is 8.14. The van der Waals surface area contributed by atoms with Crippen LogP contribution in [0.2, 0.25) is 0 Å². The number of hydrogen-bond donors (Lipinski definition) is 0. The zero-order chi connectivity index (χ0) is 19.6. The maximum atomic E-state index is 13.2. The quantitative estimate of drug-likeness (QED) is 0.484. The third-order valence-electron chi connectivity index (χ3n) is 5.13. The van der Waals surface area contributed by atoms with E-state index < -0.39 is 0 Å². The lowest BCUT2D eigenvalue weighted by Gasteiger charge is -2.28. The first-order chi connectivity index (χ1) is 14.2. The SMILES string of the molecule is Fc1ccc(-c2cncc(CN3CCc4nc(-c5cccs5)ncc4C3)c2)cc1. The fourth-order valence-corrected chi connectivity index (χ4v) is 4.33. The van der Waals surface area contributed by atoms with Gasteiger partial charge in [-0.05, 0) is 40.8 Å². The van der Waals surface area contributed by atoms with Gasteiger partial charge in [-0.1, -0.05) is 18.2 Å². The normalized spacial score (nSPS) is 14.0. The van der Waals surface area contributed by atoms with E-state index in [1.54, 1.807) is 23.5 Å². The first-order valence-electron chi connectivity index (χ1n) is 9.55. The highest BCUT2D eigenvalue weighted by Gasteiger charge is 2.19. The third kappa shape index (κ3) is 3.95. The van der Waals surface area contributed by atoms with Crippen LogP contribution in [0.3, 0.4) is 0 Å². The highest BCUT2D eigenvalue weighted by Crippen LogP contribution is 2.25. The summed E-state index contributed by atoms with van der Waals surface area (Å²) in [5.41, 5.74) is 5.46. The van der Waals surface area contributed by atoms with E-state index in [1.165, 1.54) is 17.7 Å². The molecule has 1 aliphatic rings. The number of halogens is 1. The van der Waals surface area contributed by atoms with Crippen LogP contribution in [0.15, 0.2) is 66.4 Å². The minimum absolute atomic E-state index is 0.227. The molecule has 6 heteroatoms. The molecule has 4 aromatic rings. The van der Waals surface area contributed by atoms with Gasteiger partial charge in [0.2, 0.25) is 0 Å². The fourth-order valence-electron chi connectivity index (χ4n) is 3.67. The smallest absolute Gasteiger partial charge is 0.169 e. The summed E-state index contributed by atoms with van der Waals surface area (Å²) >= 11 is 1.67. The highest BCUT2D eigenvalue weighted by atomic mass is 32.1. The predicted octanol–water partition coefficient (Wildman–Crippen LogP) is 4.96. The molecule has 4 nitrogen and oxygen atoms in total. The molecule has 0 saturated heterocycles. The Balaban J connectivity index is 1.31. The molecule has 0 amide bonds. The van der Waals surface area contributed by atoms with E-state index in [9.17, 15) is 4.39 Å². The molecule has 0 fully saturated rings. The van der Waals surface area contributed by atoms with E-state index in [4.69, 9.17) is 4.98 Å². The number of benzene rings is 1. The van der Waals surface area contributed by atoms with Crippen molar-refractivity contribution in [2.24, 2.45) is 0 Å². The summed E-state index contributed by atoms with van der Waals surface area (Å²) in [6.45, 7) is 2.60. The van der Waals surface area contributed by atoms with Gasteiger partial charge in [-0.2, -0.15) is 0 Å². The molecule has 0 radical (unpaired) electrons. The van der Waals surface area contributed by atoms with Crippen molar-refractivity contribution in [3.8, 4) is 21.8 Å². The van der Waals surface area contributed by atoms with Crippen molar-refractivity contribution < 1.29 is 4.39 Å². The van der Waals surface area contributed by atoms with Crippen LogP contribution in [-0.2, 0) is 19.5 Å². The molecule has 0 atom stereocenters. The van der Waals surface area contributed by atoms with Gasteiger partial charge < -0.3 is 0 Å². The molecule has 0 spiro atoms. The Labute approximate surface area is 172 Å². The first kappa shape index (κ1) is 18.1. The van der Waals surface area contributed by atoms with E-state index in [-0.39, 0.29) is 5.82 Å². The van der Waals surface area contributed by atoms with Gasteiger partial charge in [0.15, 0.2) is 5.82 Å². The number of rotatable bonds is 4. The van der Waals surface area contributed by atoms with Gasteiger partial charge in [-0.3, -0.25) is 9.88 Å². The van der Waals surface area contributed by atoms with Crippen LogP contribution in [0.1, 0.15) is 16.8 Å². The number of aromatic nitrogens is 3. The molecular formula is C23H19FN4S. The summed E-state index contributed by atoms with van der Waals surface area (Å²) in [6.07, 6.45) is 6.61. The lowest BCUT2D eigenvalue weighted by Crippen LogP contribution is -2.31. The molecule has 0 unspecified atom stereocenters. The van der Waals surface area contributed by atoms with E-state index in [1.807, 2.05) is 30.0 Å². The number of pyridine rings is 1. The van der Waals surface area contributed by atoms with Crippen LogP contribution in [-0.4, -0.2) is 26.4 Å². The van der Waals surface area contributed by atoms with Gasteiger partial charge >= 0.3 is 0 Å². The van der Waals surface area contributed by atoms with Crippen LogP contribution in [0.25, 0.3) is 21.8 Å². The molecule has 4 heterocycles. The van der Waals surface area contributed by atoms with Crippen LogP contribution >= 0.6 is 11.3 Å². The molecule has 0 aliphatic carbocycles. The fraction of sp³-hybridized carbons (Fsp3) is 0.174. The maximum absolute atomic E-state index is 13.2. The Kier molecular flexibility index (Phi) is 4.87. The molecule has 1 aromatic carbocycles. The van der Waals surface area contributed by atoms with Gasteiger partial charge in [0, 0.05) is 55.8 Å². The summed E-state index contributed by atoms with van der Waals surface area (Å²) in [4.78, 5) is 17.2. The second kappa shape index (κ2) is 7.81. The minimum atomic E-state index is -0.227. The van der Waals surface area contributed by atoms with Crippen molar-refractivity contribution in [1.29, 1.82) is 0 Å². The number of fused-ring (bicyclic) bond motifs is 1. The number of hydrogen-bond acceptors (Lipinski definition) is 5. The zero-order valence-corrected chi connectivity index (χ0v) is 16.6. The van der Waals surface area contributed by atoms with Gasteiger partial charge in [0.25, 0.3) is 0 Å². The van der Waals surface area contributed by atoms with Gasteiger partial charge in [0.05, 0.1) is 10.6 Å². The Hall–Kier alpha value is -2.96. The average Bonchev–Trinajstić information content (AvgIpc) is 3.29. The number of thiophene rings is 1. The van der Waals surface area contributed by atoms with E-state index in [0.717, 1.165) is 59.1 Å². The van der Waals surface area contributed by atoms with Crippen molar-refractivity contribution in [3.63, 3.8) is 0 Å². The summed E-state index contributed by atoms with van der Waals surface area (Å²) < 4.78 is 13.2. The van der Waals surface area contributed by atoms with Gasteiger partial charge in [-0.25, -0.2) is 14.4 Å². The molecule has 0 N–H and O–H groups in total. The lowest BCUT2D eigenvalue weighted by molar-refractivity contribution is 0.242. The zero-order valence-electron chi connectivity index (χ0n) is 15.8. The first-order valence-corrected chi connectivity index (χ1v) is 10.4. The Morgan fingerprint density at radius 3 is 2.76 bits per heavy atom.